The first-order valence-electron chi connectivity index (χ1n) is 7.06. The van der Waals surface area contributed by atoms with Gasteiger partial charge in [0.2, 0.25) is 10.0 Å². The van der Waals surface area contributed by atoms with Gasteiger partial charge >= 0.3 is 6.03 Å². The average Bonchev–Trinajstić information content (AvgIpc) is 2.72. The highest BCUT2D eigenvalue weighted by Gasteiger charge is 2.16. The van der Waals surface area contributed by atoms with Crippen molar-refractivity contribution in [1.82, 2.24) is 10.0 Å². The van der Waals surface area contributed by atoms with Gasteiger partial charge in [-0.3, -0.25) is 0 Å². The van der Waals surface area contributed by atoms with E-state index < -0.39 is 16.1 Å². The zero-order valence-corrected chi connectivity index (χ0v) is 13.8. The zero-order valence-electron chi connectivity index (χ0n) is 13.0. The van der Waals surface area contributed by atoms with Gasteiger partial charge in [0.25, 0.3) is 0 Å². The van der Waals surface area contributed by atoms with E-state index in [2.05, 4.69) is 18.8 Å². The van der Waals surface area contributed by atoms with E-state index in [0.717, 1.165) is 37.5 Å². The molecule has 6 heteroatoms. The van der Waals surface area contributed by atoms with E-state index in [-0.39, 0.29) is 0 Å². The van der Waals surface area contributed by atoms with Crippen LogP contribution >= 0.6 is 0 Å². The number of allylic oxidation sites excluding steroid dienone is 4. The summed E-state index contributed by atoms with van der Waals surface area (Å²) < 4.78 is 24.0. The number of sulfonamides is 1. The van der Waals surface area contributed by atoms with Crippen molar-refractivity contribution >= 4 is 16.1 Å². The van der Waals surface area contributed by atoms with E-state index in [1.807, 2.05) is 11.6 Å². The van der Waals surface area contributed by atoms with Crippen molar-refractivity contribution in [2.24, 2.45) is 0 Å². The van der Waals surface area contributed by atoms with Gasteiger partial charge in [-0.2, -0.15) is 0 Å². The van der Waals surface area contributed by atoms with Crippen molar-refractivity contribution in [3.8, 4) is 0 Å². The van der Waals surface area contributed by atoms with Crippen LogP contribution in [-0.2, 0) is 10.0 Å². The molecular formula is C15H24N2O3S. The van der Waals surface area contributed by atoms with E-state index in [4.69, 9.17) is 0 Å². The van der Waals surface area contributed by atoms with Gasteiger partial charge in [-0.05, 0) is 38.7 Å². The van der Waals surface area contributed by atoms with Crippen LogP contribution in [0.25, 0.3) is 0 Å². The summed E-state index contributed by atoms with van der Waals surface area (Å²) in [6.07, 6.45) is 7.67. The smallest absolute Gasteiger partial charge is 0.311 e. The van der Waals surface area contributed by atoms with Crippen LogP contribution in [0.5, 0.6) is 0 Å². The second kappa shape index (κ2) is 7.45. The van der Waals surface area contributed by atoms with Crippen molar-refractivity contribution in [2.45, 2.75) is 46.0 Å². The van der Waals surface area contributed by atoms with Crippen LogP contribution in [0.2, 0.25) is 0 Å². The third kappa shape index (κ3) is 6.62. The molecule has 5 nitrogen and oxygen atoms in total. The number of rotatable bonds is 6. The number of hydrogen-bond acceptors (Lipinski definition) is 3. The van der Waals surface area contributed by atoms with Gasteiger partial charge in [0.05, 0.1) is 6.26 Å². The van der Waals surface area contributed by atoms with E-state index in [1.54, 1.807) is 6.08 Å². The summed E-state index contributed by atoms with van der Waals surface area (Å²) in [4.78, 5) is 11.7. The molecule has 0 heterocycles. The van der Waals surface area contributed by atoms with Gasteiger partial charge in [0.15, 0.2) is 0 Å². The summed E-state index contributed by atoms with van der Waals surface area (Å²) >= 11 is 0. The lowest BCUT2D eigenvalue weighted by Gasteiger charge is -2.13. The molecule has 21 heavy (non-hydrogen) atoms. The van der Waals surface area contributed by atoms with Gasteiger partial charge in [-0.15, -0.1) is 0 Å². The van der Waals surface area contributed by atoms with Crippen LogP contribution in [0.15, 0.2) is 35.1 Å². The second-order valence-corrected chi connectivity index (χ2v) is 7.18. The Morgan fingerprint density at radius 3 is 2.48 bits per heavy atom. The topological polar surface area (TPSA) is 75.3 Å². The number of carbonyl (C=O) groups is 1. The van der Waals surface area contributed by atoms with Crippen molar-refractivity contribution in [1.29, 1.82) is 0 Å². The molecular weight excluding hydrogens is 288 g/mol. The van der Waals surface area contributed by atoms with Gasteiger partial charge in [0, 0.05) is 12.1 Å². The van der Waals surface area contributed by atoms with Crippen LogP contribution in [-0.4, -0.2) is 20.7 Å². The maximum Gasteiger partial charge on any atom is 0.332 e. The SMILES string of the molecule is C=C(C)/C=C(\CC1=C(CC)CCC1)NC(=O)NS(C)(=O)=O. The highest BCUT2D eigenvalue weighted by atomic mass is 32.2. The molecule has 0 spiro atoms. The third-order valence-electron chi connectivity index (χ3n) is 3.26. The molecule has 0 saturated heterocycles. The normalized spacial score (nSPS) is 16.0. The summed E-state index contributed by atoms with van der Waals surface area (Å²) in [5.74, 6) is 0. The monoisotopic (exact) mass is 312 g/mol. The second-order valence-electron chi connectivity index (χ2n) is 5.44. The fourth-order valence-corrected chi connectivity index (χ4v) is 2.90. The molecule has 0 radical (unpaired) electrons. The molecule has 2 N–H and O–H groups in total. The van der Waals surface area contributed by atoms with Crippen LogP contribution in [0.3, 0.4) is 0 Å². The number of hydrogen-bond donors (Lipinski definition) is 2. The predicted molar refractivity (Wildman–Crippen MR) is 85.2 cm³/mol. The van der Waals surface area contributed by atoms with E-state index in [9.17, 15) is 13.2 Å². The molecule has 0 aliphatic heterocycles. The molecule has 118 valence electrons. The lowest BCUT2D eigenvalue weighted by Crippen LogP contribution is -2.38. The van der Waals surface area contributed by atoms with E-state index in [1.165, 1.54) is 11.1 Å². The molecule has 0 aromatic rings. The minimum atomic E-state index is -3.56. The maximum atomic E-state index is 11.7. The molecule has 0 aromatic heterocycles. The van der Waals surface area contributed by atoms with E-state index >= 15 is 0 Å². The minimum absolute atomic E-state index is 0.632. The standard InChI is InChI=1S/C15H24N2O3S/c1-5-12-7-6-8-13(12)10-14(9-11(2)3)16-15(18)17-21(4,19)20/h9H,2,5-8,10H2,1,3-4H3,(H2,16,17,18)/b14-9+. The molecule has 1 aliphatic rings. The van der Waals surface area contributed by atoms with Gasteiger partial charge < -0.3 is 5.32 Å². The summed E-state index contributed by atoms with van der Waals surface area (Å²) in [6.45, 7) is 7.77. The van der Waals surface area contributed by atoms with Gasteiger partial charge in [0.1, 0.15) is 0 Å². The highest BCUT2D eigenvalue weighted by Crippen LogP contribution is 2.32. The van der Waals surface area contributed by atoms with Crippen LogP contribution in [0.1, 0.15) is 46.0 Å². The summed E-state index contributed by atoms with van der Waals surface area (Å²) in [5.41, 5.74) is 4.25. The zero-order chi connectivity index (χ0) is 16.0. The summed E-state index contributed by atoms with van der Waals surface area (Å²) in [7, 11) is -3.56. The first-order valence-corrected chi connectivity index (χ1v) is 8.95. The average molecular weight is 312 g/mol. The Bertz CT molecular complexity index is 586. The fourth-order valence-electron chi connectivity index (χ4n) is 2.51. The Morgan fingerprint density at radius 1 is 1.33 bits per heavy atom. The molecule has 0 saturated carbocycles. The number of urea groups is 1. The largest absolute Gasteiger partial charge is 0.332 e. The van der Waals surface area contributed by atoms with E-state index in [0.29, 0.717) is 12.1 Å². The number of amides is 2. The number of carbonyl (C=O) groups excluding carboxylic acids is 1. The van der Waals surface area contributed by atoms with Crippen LogP contribution in [0.4, 0.5) is 4.79 Å². The maximum absolute atomic E-state index is 11.7. The fraction of sp³-hybridized carbons (Fsp3) is 0.533. The van der Waals surface area contributed by atoms with Crippen LogP contribution in [0, 0.1) is 0 Å². The Kier molecular flexibility index (Phi) is 6.20. The van der Waals surface area contributed by atoms with Gasteiger partial charge in [-0.25, -0.2) is 17.9 Å². The summed E-state index contributed by atoms with van der Waals surface area (Å²) in [6, 6.07) is -0.735. The number of nitrogens with one attached hydrogen (secondary N) is 2. The minimum Gasteiger partial charge on any atom is -0.311 e. The third-order valence-corrected chi connectivity index (χ3v) is 3.82. The molecule has 0 fully saturated rings. The molecule has 1 rings (SSSR count). The first kappa shape index (κ1) is 17.5. The molecule has 0 unspecified atom stereocenters. The molecule has 0 bridgehead atoms. The summed E-state index contributed by atoms with van der Waals surface area (Å²) in [5, 5.41) is 2.61. The Balaban J connectivity index is 2.83. The Hall–Kier alpha value is -1.56. The molecule has 2 amide bonds. The van der Waals surface area contributed by atoms with Crippen LogP contribution < -0.4 is 10.0 Å². The van der Waals surface area contributed by atoms with Crippen molar-refractivity contribution < 1.29 is 13.2 Å². The molecule has 0 atom stereocenters. The quantitative estimate of drug-likeness (QED) is 0.585. The van der Waals surface area contributed by atoms with Crippen molar-refractivity contribution in [3.63, 3.8) is 0 Å². The van der Waals surface area contributed by atoms with Crippen molar-refractivity contribution in [2.75, 3.05) is 6.26 Å². The molecule has 0 aromatic carbocycles. The lowest BCUT2D eigenvalue weighted by molar-refractivity contribution is 0.248. The first-order chi connectivity index (χ1) is 9.71. The highest BCUT2D eigenvalue weighted by molar-refractivity contribution is 7.89. The van der Waals surface area contributed by atoms with Gasteiger partial charge in [-0.1, -0.05) is 30.2 Å². The van der Waals surface area contributed by atoms with Crippen molar-refractivity contribution in [3.05, 3.63) is 35.1 Å². The Morgan fingerprint density at radius 2 is 1.95 bits per heavy atom. The molecule has 1 aliphatic carbocycles. The Labute approximate surface area is 127 Å². The predicted octanol–water partition coefficient (Wildman–Crippen LogP) is 2.99. The lowest BCUT2D eigenvalue weighted by atomic mass is 10.0.